The third-order valence-corrected chi connectivity index (χ3v) is 4.75. The van der Waals surface area contributed by atoms with E-state index in [1.165, 1.54) is 11.3 Å². The lowest BCUT2D eigenvalue weighted by atomic mass is 10.2. The van der Waals surface area contributed by atoms with Crippen molar-refractivity contribution in [3.8, 4) is 5.75 Å². The number of fused-ring (bicyclic) bond motifs is 1. The van der Waals surface area contributed by atoms with Crippen molar-refractivity contribution in [2.24, 2.45) is 0 Å². The maximum absolute atomic E-state index is 12.4. The Bertz CT molecular complexity index is 878. The van der Waals surface area contributed by atoms with E-state index in [1.807, 2.05) is 31.2 Å². The Morgan fingerprint density at radius 2 is 2.17 bits per heavy atom. The fourth-order valence-electron chi connectivity index (χ4n) is 2.15. The average Bonchev–Trinajstić information content (AvgIpc) is 2.96. The summed E-state index contributed by atoms with van der Waals surface area (Å²) in [5.74, 6) is 0.475. The summed E-state index contributed by atoms with van der Waals surface area (Å²) in [6, 6.07) is 12.6. The molecular formula is C18H17ClN2O2S. The Balaban J connectivity index is 1.77. The number of halogens is 1. The summed E-state index contributed by atoms with van der Waals surface area (Å²) in [6.07, 6.45) is 1.02. The molecule has 0 bridgehead atoms. The van der Waals surface area contributed by atoms with Crippen molar-refractivity contribution in [1.29, 1.82) is 0 Å². The van der Waals surface area contributed by atoms with Crippen molar-refractivity contribution in [2.75, 3.05) is 5.32 Å². The van der Waals surface area contributed by atoms with Gasteiger partial charge < -0.3 is 4.74 Å². The molecular weight excluding hydrogens is 344 g/mol. The molecule has 0 saturated carbocycles. The van der Waals surface area contributed by atoms with E-state index < -0.39 is 0 Å². The molecule has 0 aliphatic rings. The molecule has 0 unspecified atom stereocenters. The minimum absolute atomic E-state index is 0.109. The lowest BCUT2D eigenvalue weighted by Crippen LogP contribution is -2.13. The number of rotatable bonds is 5. The molecule has 0 spiro atoms. The van der Waals surface area contributed by atoms with Crippen LogP contribution < -0.4 is 10.1 Å². The molecule has 24 heavy (non-hydrogen) atoms. The van der Waals surface area contributed by atoms with Crippen LogP contribution in [0.25, 0.3) is 10.2 Å². The van der Waals surface area contributed by atoms with Gasteiger partial charge in [-0.05, 0) is 49.7 Å². The second-order valence-corrected chi connectivity index (χ2v) is 6.92. The van der Waals surface area contributed by atoms with Crippen molar-refractivity contribution in [1.82, 2.24) is 4.98 Å². The maximum atomic E-state index is 12.4. The molecule has 4 nitrogen and oxygen atoms in total. The van der Waals surface area contributed by atoms with Gasteiger partial charge in [0.1, 0.15) is 5.75 Å². The normalized spacial score (nSPS) is 12.1. The minimum Gasteiger partial charge on any atom is -0.491 e. The number of carbonyl (C=O) groups excluding carboxylic acids is 1. The Hall–Kier alpha value is -2.11. The van der Waals surface area contributed by atoms with Gasteiger partial charge in [0.15, 0.2) is 5.13 Å². The van der Waals surface area contributed by atoms with Crippen LogP contribution in [0.3, 0.4) is 0 Å². The van der Waals surface area contributed by atoms with E-state index in [0.717, 1.165) is 16.6 Å². The van der Waals surface area contributed by atoms with Crippen molar-refractivity contribution in [3.63, 3.8) is 0 Å². The number of ether oxygens (including phenoxy) is 1. The molecule has 1 amide bonds. The van der Waals surface area contributed by atoms with Gasteiger partial charge in [-0.15, -0.1) is 0 Å². The summed E-state index contributed by atoms with van der Waals surface area (Å²) >= 11 is 7.37. The number of hydrogen-bond donors (Lipinski definition) is 1. The van der Waals surface area contributed by atoms with Gasteiger partial charge in [0.25, 0.3) is 5.91 Å². The SMILES string of the molecule is CC[C@@H](C)Oc1cccc(C(=O)Nc2nc3ccc(Cl)cc3s2)c1. The van der Waals surface area contributed by atoms with Crippen LogP contribution in [-0.2, 0) is 0 Å². The van der Waals surface area contributed by atoms with Gasteiger partial charge in [0.2, 0.25) is 0 Å². The monoisotopic (exact) mass is 360 g/mol. The van der Waals surface area contributed by atoms with Crippen LogP contribution in [0.2, 0.25) is 5.02 Å². The number of carbonyl (C=O) groups is 1. The summed E-state index contributed by atoms with van der Waals surface area (Å²) in [5.41, 5.74) is 1.35. The summed E-state index contributed by atoms with van der Waals surface area (Å²) in [4.78, 5) is 16.8. The first-order valence-electron chi connectivity index (χ1n) is 7.69. The topological polar surface area (TPSA) is 51.2 Å². The van der Waals surface area contributed by atoms with Crippen molar-refractivity contribution in [2.45, 2.75) is 26.4 Å². The molecule has 3 rings (SSSR count). The number of nitrogens with zero attached hydrogens (tertiary/aromatic N) is 1. The molecule has 0 aliphatic heterocycles. The zero-order valence-electron chi connectivity index (χ0n) is 13.4. The molecule has 1 N–H and O–H groups in total. The van der Waals surface area contributed by atoms with Gasteiger partial charge in [0, 0.05) is 10.6 Å². The first-order chi connectivity index (χ1) is 11.5. The number of nitrogens with one attached hydrogen (secondary N) is 1. The number of benzene rings is 2. The molecule has 1 atom stereocenters. The second-order valence-electron chi connectivity index (χ2n) is 5.45. The smallest absolute Gasteiger partial charge is 0.257 e. The highest BCUT2D eigenvalue weighted by atomic mass is 35.5. The number of aromatic nitrogens is 1. The van der Waals surface area contributed by atoms with E-state index in [2.05, 4.69) is 17.2 Å². The van der Waals surface area contributed by atoms with Crippen LogP contribution in [0, 0.1) is 0 Å². The Kier molecular flexibility index (Phi) is 5.02. The minimum atomic E-state index is -0.213. The zero-order valence-corrected chi connectivity index (χ0v) is 14.9. The van der Waals surface area contributed by atoms with Crippen molar-refractivity contribution >= 4 is 44.2 Å². The van der Waals surface area contributed by atoms with Gasteiger partial charge in [0.05, 0.1) is 16.3 Å². The second kappa shape index (κ2) is 7.20. The number of thiazole rings is 1. The number of amides is 1. The number of hydrogen-bond acceptors (Lipinski definition) is 4. The molecule has 0 fully saturated rings. The van der Waals surface area contributed by atoms with E-state index in [9.17, 15) is 4.79 Å². The van der Waals surface area contributed by atoms with E-state index in [1.54, 1.807) is 18.2 Å². The molecule has 1 heterocycles. The van der Waals surface area contributed by atoms with Crippen LogP contribution >= 0.6 is 22.9 Å². The van der Waals surface area contributed by atoms with Gasteiger partial charge in [-0.3, -0.25) is 10.1 Å². The van der Waals surface area contributed by atoms with Gasteiger partial charge in [-0.25, -0.2) is 4.98 Å². The molecule has 0 saturated heterocycles. The van der Waals surface area contributed by atoms with E-state index in [0.29, 0.717) is 21.5 Å². The van der Waals surface area contributed by atoms with Crippen LogP contribution in [-0.4, -0.2) is 17.0 Å². The van der Waals surface area contributed by atoms with Gasteiger partial charge >= 0.3 is 0 Å². The first kappa shape index (κ1) is 16.7. The van der Waals surface area contributed by atoms with Crippen LogP contribution in [0.4, 0.5) is 5.13 Å². The van der Waals surface area contributed by atoms with Crippen LogP contribution in [0.15, 0.2) is 42.5 Å². The van der Waals surface area contributed by atoms with Gasteiger partial charge in [-0.2, -0.15) is 0 Å². The Labute approximate surface area is 149 Å². The summed E-state index contributed by atoms with van der Waals surface area (Å²) in [6.45, 7) is 4.06. The fourth-order valence-corrected chi connectivity index (χ4v) is 3.28. The highest BCUT2D eigenvalue weighted by Crippen LogP contribution is 2.28. The van der Waals surface area contributed by atoms with Crippen LogP contribution in [0.5, 0.6) is 5.75 Å². The van der Waals surface area contributed by atoms with E-state index in [4.69, 9.17) is 16.3 Å². The Morgan fingerprint density at radius 1 is 1.33 bits per heavy atom. The quantitative estimate of drug-likeness (QED) is 0.664. The van der Waals surface area contributed by atoms with Crippen molar-refractivity contribution < 1.29 is 9.53 Å². The molecule has 0 radical (unpaired) electrons. The highest BCUT2D eigenvalue weighted by molar-refractivity contribution is 7.22. The van der Waals surface area contributed by atoms with Crippen molar-refractivity contribution in [3.05, 3.63) is 53.1 Å². The lowest BCUT2D eigenvalue weighted by molar-refractivity contribution is 0.102. The fraction of sp³-hybridized carbons (Fsp3) is 0.222. The molecule has 1 aromatic heterocycles. The predicted molar refractivity (Wildman–Crippen MR) is 99.4 cm³/mol. The molecule has 2 aromatic carbocycles. The van der Waals surface area contributed by atoms with E-state index in [-0.39, 0.29) is 12.0 Å². The molecule has 0 aliphatic carbocycles. The lowest BCUT2D eigenvalue weighted by Gasteiger charge is -2.13. The van der Waals surface area contributed by atoms with E-state index >= 15 is 0 Å². The number of anilines is 1. The molecule has 124 valence electrons. The maximum Gasteiger partial charge on any atom is 0.257 e. The molecule has 3 aromatic rings. The van der Waals surface area contributed by atoms with Crippen LogP contribution in [0.1, 0.15) is 30.6 Å². The largest absolute Gasteiger partial charge is 0.491 e. The predicted octanol–water partition coefficient (Wildman–Crippen LogP) is 5.38. The average molecular weight is 361 g/mol. The summed E-state index contributed by atoms with van der Waals surface area (Å²) < 4.78 is 6.69. The standard InChI is InChI=1S/C18H17ClN2O2S/c1-3-11(2)23-14-6-4-5-12(9-14)17(22)21-18-20-15-8-7-13(19)10-16(15)24-18/h4-11H,3H2,1-2H3,(H,20,21,22)/t11-/m1/s1. The Morgan fingerprint density at radius 3 is 2.96 bits per heavy atom. The zero-order chi connectivity index (χ0) is 17.1. The first-order valence-corrected chi connectivity index (χ1v) is 8.88. The third kappa shape index (κ3) is 3.86. The summed E-state index contributed by atoms with van der Waals surface area (Å²) in [7, 11) is 0. The molecule has 6 heteroatoms. The highest BCUT2D eigenvalue weighted by Gasteiger charge is 2.11. The van der Waals surface area contributed by atoms with Gasteiger partial charge in [-0.1, -0.05) is 35.9 Å². The third-order valence-electron chi connectivity index (χ3n) is 3.58. The summed E-state index contributed by atoms with van der Waals surface area (Å²) in [5, 5.41) is 4.03.